The first kappa shape index (κ1) is 14.1. The first-order chi connectivity index (χ1) is 9.52. The molecule has 1 unspecified atom stereocenters. The number of benzene rings is 1. The number of nitro groups is 1. The van der Waals surface area contributed by atoms with E-state index >= 15 is 0 Å². The molecule has 1 aromatic carbocycles. The third-order valence-corrected chi connectivity index (χ3v) is 2.77. The maximum atomic E-state index is 13.8. The van der Waals surface area contributed by atoms with Gasteiger partial charge in [0.25, 0.3) is 11.6 Å². The zero-order valence-electron chi connectivity index (χ0n) is 10.7. The molecule has 1 heterocycles. The van der Waals surface area contributed by atoms with Gasteiger partial charge in [0.05, 0.1) is 22.6 Å². The average Bonchev–Trinajstić information content (AvgIpc) is 2.88. The number of hydrogen-bond donors (Lipinski definition) is 1. The van der Waals surface area contributed by atoms with Gasteiger partial charge in [-0.05, 0) is 12.5 Å². The molecule has 0 aliphatic carbocycles. The highest BCUT2D eigenvalue weighted by atomic mass is 19.1. The maximum absolute atomic E-state index is 13.8. The van der Waals surface area contributed by atoms with Gasteiger partial charge in [-0.1, -0.05) is 18.5 Å². The molecule has 2 aromatic rings. The van der Waals surface area contributed by atoms with Crippen molar-refractivity contribution in [1.29, 1.82) is 0 Å². The van der Waals surface area contributed by atoms with Crippen LogP contribution in [0.25, 0.3) is 11.5 Å². The van der Waals surface area contributed by atoms with Gasteiger partial charge in [0.15, 0.2) is 5.82 Å². The molecule has 0 amide bonds. The number of aromatic nitrogens is 2. The molecule has 2 rings (SSSR count). The Bertz CT molecular complexity index is 629. The summed E-state index contributed by atoms with van der Waals surface area (Å²) in [6.45, 7) is 1.97. The molecule has 0 aliphatic heterocycles. The number of nitrogens with two attached hydrogens (primary N) is 1. The topological polar surface area (TPSA) is 108 Å². The number of nitrogens with zero attached hydrogens (tertiary/aromatic N) is 3. The van der Waals surface area contributed by atoms with Gasteiger partial charge in [-0.25, -0.2) is 4.39 Å². The number of hydrogen-bond acceptors (Lipinski definition) is 6. The van der Waals surface area contributed by atoms with Crippen LogP contribution < -0.4 is 5.73 Å². The van der Waals surface area contributed by atoms with Crippen molar-refractivity contribution in [1.82, 2.24) is 10.1 Å². The summed E-state index contributed by atoms with van der Waals surface area (Å²) in [6.07, 6.45) is 1.54. The van der Waals surface area contributed by atoms with Crippen LogP contribution in [0.3, 0.4) is 0 Å². The van der Waals surface area contributed by atoms with Gasteiger partial charge in [-0.15, -0.1) is 0 Å². The zero-order valence-corrected chi connectivity index (χ0v) is 10.7. The Hall–Kier alpha value is -2.35. The van der Waals surface area contributed by atoms with Gasteiger partial charge in [-0.2, -0.15) is 4.98 Å². The Labute approximate surface area is 113 Å². The molecule has 0 spiro atoms. The molecule has 1 atom stereocenters. The zero-order chi connectivity index (χ0) is 14.7. The Morgan fingerprint density at radius 1 is 1.55 bits per heavy atom. The summed E-state index contributed by atoms with van der Waals surface area (Å²) in [5.74, 6) is -0.544. The molecular formula is C12H13FN4O3. The van der Waals surface area contributed by atoms with Gasteiger partial charge in [0.2, 0.25) is 0 Å². The van der Waals surface area contributed by atoms with E-state index < -0.39 is 10.7 Å². The summed E-state index contributed by atoms with van der Waals surface area (Å²) in [5, 5.41) is 14.2. The van der Waals surface area contributed by atoms with Crippen molar-refractivity contribution in [2.75, 3.05) is 0 Å². The minimum absolute atomic E-state index is 0.0121. The minimum Gasteiger partial charge on any atom is -0.334 e. The molecule has 0 saturated carbocycles. The summed E-state index contributed by atoms with van der Waals surface area (Å²) in [7, 11) is 0. The first-order valence-electron chi connectivity index (χ1n) is 6.06. The molecule has 20 heavy (non-hydrogen) atoms. The second-order valence-electron chi connectivity index (χ2n) is 4.27. The van der Waals surface area contributed by atoms with E-state index in [1.54, 1.807) is 0 Å². The smallest absolute Gasteiger partial charge is 0.272 e. The Morgan fingerprint density at radius 3 is 2.90 bits per heavy atom. The van der Waals surface area contributed by atoms with Crippen LogP contribution in [0.4, 0.5) is 10.1 Å². The van der Waals surface area contributed by atoms with E-state index in [2.05, 4.69) is 10.1 Å². The molecule has 0 bridgehead atoms. The highest BCUT2D eigenvalue weighted by molar-refractivity contribution is 5.56. The lowest BCUT2D eigenvalue weighted by atomic mass is 10.1. The van der Waals surface area contributed by atoms with Crippen LogP contribution in [0.15, 0.2) is 22.7 Å². The van der Waals surface area contributed by atoms with Crippen molar-refractivity contribution >= 4 is 5.69 Å². The predicted octanol–water partition coefficient (Wildman–Crippen LogP) is 2.58. The second-order valence-corrected chi connectivity index (χ2v) is 4.27. The fourth-order valence-corrected chi connectivity index (χ4v) is 1.73. The molecule has 8 heteroatoms. The van der Waals surface area contributed by atoms with Gasteiger partial charge >= 0.3 is 0 Å². The largest absolute Gasteiger partial charge is 0.334 e. The van der Waals surface area contributed by atoms with Crippen LogP contribution in [0, 0.1) is 15.9 Å². The van der Waals surface area contributed by atoms with Crippen LogP contribution in [0.2, 0.25) is 0 Å². The molecule has 1 aromatic heterocycles. The first-order valence-corrected chi connectivity index (χ1v) is 6.06. The van der Waals surface area contributed by atoms with Crippen LogP contribution >= 0.6 is 0 Å². The number of non-ortho nitro benzene ring substituents is 1. The Kier molecular flexibility index (Phi) is 4.04. The van der Waals surface area contributed by atoms with E-state index in [0.29, 0.717) is 12.2 Å². The summed E-state index contributed by atoms with van der Waals surface area (Å²) < 4.78 is 18.7. The summed E-state index contributed by atoms with van der Waals surface area (Å²) in [6, 6.07) is 2.84. The van der Waals surface area contributed by atoms with Gasteiger partial charge < -0.3 is 10.3 Å². The number of rotatable bonds is 5. The molecular weight excluding hydrogens is 267 g/mol. The maximum Gasteiger partial charge on any atom is 0.272 e. The molecule has 0 radical (unpaired) electrons. The van der Waals surface area contributed by atoms with Gasteiger partial charge in [0, 0.05) is 6.07 Å². The normalized spacial score (nSPS) is 12.3. The van der Waals surface area contributed by atoms with Crippen molar-refractivity contribution in [2.45, 2.75) is 25.8 Å². The predicted molar refractivity (Wildman–Crippen MR) is 68.2 cm³/mol. The van der Waals surface area contributed by atoms with E-state index in [4.69, 9.17) is 10.3 Å². The van der Waals surface area contributed by atoms with E-state index in [0.717, 1.165) is 12.5 Å². The van der Waals surface area contributed by atoms with Gasteiger partial charge in [-0.3, -0.25) is 10.1 Å². The van der Waals surface area contributed by atoms with Crippen LogP contribution in [-0.2, 0) is 0 Å². The number of halogens is 1. The quantitative estimate of drug-likeness (QED) is 0.666. The van der Waals surface area contributed by atoms with Crippen molar-refractivity contribution in [3.63, 3.8) is 0 Å². The summed E-state index contributed by atoms with van der Waals surface area (Å²) in [5.41, 5.74) is 5.50. The highest BCUT2D eigenvalue weighted by Crippen LogP contribution is 2.26. The van der Waals surface area contributed by atoms with Crippen molar-refractivity contribution < 1.29 is 13.8 Å². The van der Waals surface area contributed by atoms with E-state index in [1.165, 1.54) is 12.1 Å². The highest BCUT2D eigenvalue weighted by Gasteiger charge is 2.19. The van der Waals surface area contributed by atoms with Crippen molar-refractivity contribution in [3.8, 4) is 11.5 Å². The van der Waals surface area contributed by atoms with Crippen molar-refractivity contribution in [2.24, 2.45) is 5.73 Å². The van der Waals surface area contributed by atoms with Crippen molar-refractivity contribution in [3.05, 3.63) is 40.0 Å². The monoisotopic (exact) mass is 280 g/mol. The molecule has 2 N–H and O–H groups in total. The standard InChI is InChI=1S/C12H13FN4O3/c1-2-3-10(14)11-15-12(20-16-11)8-5-4-7(17(18)19)6-9(8)13/h4-6,10H,2-3,14H2,1H3. The SMILES string of the molecule is CCCC(N)c1noc(-c2ccc([N+](=O)[O-])cc2F)n1. The Morgan fingerprint density at radius 2 is 2.30 bits per heavy atom. The molecule has 106 valence electrons. The van der Waals surface area contributed by atoms with E-state index in [9.17, 15) is 14.5 Å². The summed E-state index contributed by atoms with van der Waals surface area (Å²) >= 11 is 0. The lowest BCUT2D eigenvalue weighted by molar-refractivity contribution is -0.385. The fraction of sp³-hybridized carbons (Fsp3) is 0.333. The van der Waals surface area contributed by atoms with E-state index in [1.807, 2.05) is 6.92 Å². The lowest BCUT2D eigenvalue weighted by Crippen LogP contribution is -2.11. The second kappa shape index (κ2) is 5.74. The van der Waals surface area contributed by atoms with Crippen LogP contribution in [0.5, 0.6) is 0 Å². The minimum atomic E-state index is -0.793. The molecule has 0 saturated heterocycles. The number of nitro benzene ring substituents is 1. The third kappa shape index (κ3) is 2.80. The molecule has 7 nitrogen and oxygen atoms in total. The third-order valence-electron chi connectivity index (χ3n) is 2.77. The summed E-state index contributed by atoms with van der Waals surface area (Å²) in [4.78, 5) is 13.9. The van der Waals surface area contributed by atoms with Gasteiger partial charge in [0.1, 0.15) is 5.82 Å². The Balaban J connectivity index is 2.30. The molecule has 0 aliphatic rings. The molecule has 0 fully saturated rings. The van der Waals surface area contributed by atoms with Crippen LogP contribution in [-0.4, -0.2) is 15.1 Å². The lowest BCUT2D eigenvalue weighted by Gasteiger charge is -2.02. The fourth-order valence-electron chi connectivity index (χ4n) is 1.73. The van der Waals surface area contributed by atoms with Crippen LogP contribution in [0.1, 0.15) is 31.6 Å². The average molecular weight is 280 g/mol. The van der Waals surface area contributed by atoms with E-state index in [-0.39, 0.29) is 23.2 Å².